The highest BCUT2D eigenvalue weighted by molar-refractivity contribution is 6.07. The molecule has 0 radical (unpaired) electrons. The summed E-state index contributed by atoms with van der Waals surface area (Å²) in [5.41, 5.74) is 5.77. The number of carbonyl (C=O) groups is 1. The molecule has 1 aromatic carbocycles. The maximum Gasteiger partial charge on any atom is 0.169 e. The summed E-state index contributed by atoms with van der Waals surface area (Å²) in [7, 11) is 0. The van der Waals surface area contributed by atoms with E-state index >= 15 is 0 Å². The predicted octanol–water partition coefficient (Wildman–Crippen LogP) is 5.45. The molecule has 0 unspecified atom stereocenters. The number of benzene rings is 1. The van der Waals surface area contributed by atoms with Crippen molar-refractivity contribution in [1.82, 2.24) is 4.98 Å². The highest BCUT2D eigenvalue weighted by Gasteiger charge is 2.35. The fourth-order valence-electron chi connectivity index (χ4n) is 4.01. The van der Waals surface area contributed by atoms with Gasteiger partial charge in [-0.1, -0.05) is 32.0 Å². The average Bonchev–Trinajstić information content (AvgIpc) is 2.99. The second-order valence-electron chi connectivity index (χ2n) is 8.79. The molecule has 0 saturated heterocycles. The van der Waals surface area contributed by atoms with Crippen molar-refractivity contribution in [2.45, 2.75) is 46.6 Å². The second kappa shape index (κ2) is 6.93. The van der Waals surface area contributed by atoms with E-state index in [9.17, 15) is 4.79 Å². The van der Waals surface area contributed by atoms with Crippen LogP contribution in [0.5, 0.6) is 0 Å². The number of ketones is 1. The summed E-state index contributed by atoms with van der Waals surface area (Å²) in [6.07, 6.45) is 5.63. The molecule has 2 heterocycles. The van der Waals surface area contributed by atoms with Crippen LogP contribution in [0, 0.1) is 5.41 Å². The van der Waals surface area contributed by atoms with Crippen LogP contribution in [0.15, 0.2) is 54.9 Å². The van der Waals surface area contributed by atoms with Crippen molar-refractivity contribution in [1.29, 1.82) is 0 Å². The maximum atomic E-state index is 13.0. The SMILES string of the molecule is CC(C)[n+]1ccc(-c2[nH]c3c(c2Nc2ccccc2)C(=O)CC(C)(C)C3)cc1. The first-order chi connectivity index (χ1) is 13.3. The highest BCUT2D eigenvalue weighted by atomic mass is 16.1. The van der Waals surface area contributed by atoms with Gasteiger partial charge in [0, 0.05) is 35.5 Å². The second-order valence-corrected chi connectivity index (χ2v) is 8.79. The lowest BCUT2D eigenvalue weighted by atomic mass is 9.76. The molecule has 2 N–H and O–H groups in total. The van der Waals surface area contributed by atoms with E-state index in [1.165, 1.54) is 0 Å². The molecule has 4 nitrogen and oxygen atoms in total. The number of hydrogen-bond acceptors (Lipinski definition) is 2. The van der Waals surface area contributed by atoms with Gasteiger partial charge in [-0.2, -0.15) is 0 Å². The van der Waals surface area contributed by atoms with Crippen LogP contribution in [0.3, 0.4) is 0 Å². The molecule has 0 bridgehead atoms. The fourth-order valence-corrected chi connectivity index (χ4v) is 4.01. The number of pyridine rings is 1. The molecule has 4 heteroatoms. The topological polar surface area (TPSA) is 48.8 Å². The number of aromatic nitrogens is 2. The van der Waals surface area contributed by atoms with Gasteiger partial charge >= 0.3 is 0 Å². The van der Waals surface area contributed by atoms with Crippen LogP contribution in [0.25, 0.3) is 11.3 Å². The zero-order valence-electron chi connectivity index (χ0n) is 17.0. The monoisotopic (exact) mass is 374 g/mol. The molecule has 144 valence electrons. The van der Waals surface area contributed by atoms with Crippen molar-refractivity contribution in [2.75, 3.05) is 5.32 Å². The highest BCUT2D eigenvalue weighted by Crippen LogP contribution is 2.43. The third-order valence-corrected chi connectivity index (χ3v) is 5.43. The van der Waals surface area contributed by atoms with Crippen LogP contribution in [-0.2, 0) is 6.42 Å². The lowest BCUT2D eigenvalue weighted by Crippen LogP contribution is -2.34. The molecule has 1 aliphatic rings. The number of fused-ring (bicyclic) bond motifs is 1. The number of carbonyl (C=O) groups excluding carboxylic acids is 1. The molecule has 3 aromatic rings. The Morgan fingerprint density at radius 3 is 2.36 bits per heavy atom. The summed E-state index contributed by atoms with van der Waals surface area (Å²) in [6, 6.07) is 14.7. The smallest absolute Gasteiger partial charge is 0.169 e. The van der Waals surface area contributed by atoms with Crippen molar-refractivity contribution < 1.29 is 9.36 Å². The summed E-state index contributed by atoms with van der Waals surface area (Å²) >= 11 is 0. The molecule has 0 atom stereocenters. The molecule has 0 amide bonds. The van der Waals surface area contributed by atoms with Gasteiger partial charge in [0.15, 0.2) is 24.2 Å². The number of anilines is 2. The van der Waals surface area contributed by atoms with Crippen molar-refractivity contribution in [3.8, 4) is 11.3 Å². The van der Waals surface area contributed by atoms with E-state index in [2.05, 4.69) is 67.1 Å². The van der Waals surface area contributed by atoms with Gasteiger partial charge in [-0.15, -0.1) is 0 Å². The number of nitrogens with one attached hydrogen (secondary N) is 2. The lowest BCUT2D eigenvalue weighted by molar-refractivity contribution is -0.716. The summed E-state index contributed by atoms with van der Waals surface area (Å²) < 4.78 is 2.17. The molecular weight excluding hydrogens is 346 g/mol. The van der Waals surface area contributed by atoms with Crippen LogP contribution >= 0.6 is 0 Å². The van der Waals surface area contributed by atoms with Gasteiger partial charge in [-0.25, -0.2) is 4.57 Å². The standard InChI is InChI=1S/C24H27N3O/c1-16(2)27-12-10-17(11-13-27)22-23(25-18-8-6-5-7-9-18)21-19(26-22)14-24(3,4)15-20(21)28/h5-13,16H,14-15H2,1-4H3,(H,25,26,28)/p+1. The van der Waals surface area contributed by atoms with Gasteiger partial charge in [0.2, 0.25) is 0 Å². The maximum absolute atomic E-state index is 13.0. The molecule has 0 fully saturated rings. The zero-order chi connectivity index (χ0) is 19.9. The molecule has 0 aliphatic heterocycles. The Labute approximate surface area is 166 Å². The van der Waals surface area contributed by atoms with Crippen LogP contribution in [0.1, 0.15) is 56.2 Å². The van der Waals surface area contributed by atoms with Crippen LogP contribution in [0.4, 0.5) is 11.4 Å². The van der Waals surface area contributed by atoms with E-state index in [-0.39, 0.29) is 11.2 Å². The minimum atomic E-state index is -0.0203. The number of rotatable bonds is 4. The minimum Gasteiger partial charge on any atom is -0.356 e. The Morgan fingerprint density at radius 1 is 1.04 bits per heavy atom. The van der Waals surface area contributed by atoms with Crippen LogP contribution in [-0.4, -0.2) is 10.8 Å². The Balaban J connectivity index is 1.84. The molecule has 1 aliphatic carbocycles. The van der Waals surface area contributed by atoms with Crippen molar-refractivity contribution in [2.24, 2.45) is 5.41 Å². The van der Waals surface area contributed by atoms with Gasteiger partial charge in [0.25, 0.3) is 0 Å². The van der Waals surface area contributed by atoms with Crippen LogP contribution < -0.4 is 9.88 Å². The van der Waals surface area contributed by atoms with Crippen molar-refractivity contribution in [3.05, 3.63) is 66.1 Å². The van der Waals surface area contributed by atoms with E-state index in [4.69, 9.17) is 0 Å². The largest absolute Gasteiger partial charge is 0.356 e. The number of H-pyrrole nitrogens is 1. The summed E-state index contributed by atoms with van der Waals surface area (Å²) in [5.74, 6) is 0.209. The Kier molecular flexibility index (Phi) is 4.58. The molecular formula is C24H28N3O+. The molecule has 4 rings (SSSR count). The molecule has 0 saturated carbocycles. The Bertz CT molecular complexity index is 998. The number of nitrogens with zero attached hydrogens (tertiary/aromatic N) is 1. The number of hydrogen-bond donors (Lipinski definition) is 2. The molecule has 2 aromatic heterocycles. The normalized spacial score (nSPS) is 15.5. The predicted molar refractivity (Wildman–Crippen MR) is 113 cm³/mol. The Hall–Kier alpha value is -2.88. The van der Waals surface area contributed by atoms with Gasteiger partial charge in [0.05, 0.1) is 16.9 Å². The first-order valence-corrected chi connectivity index (χ1v) is 9.95. The third-order valence-electron chi connectivity index (χ3n) is 5.43. The first-order valence-electron chi connectivity index (χ1n) is 9.95. The van der Waals surface area contributed by atoms with Crippen LogP contribution in [0.2, 0.25) is 0 Å². The fraction of sp³-hybridized carbons (Fsp3) is 0.333. The van der Waals surface area contributed by atoms with Gasteiger partial charge in [-0.05, 0) is 37.8 Å². The van der Waals surface area contributed by atoms with Crippen molar-refractivity contribution in [3.63, 3.8) is 0 Å². The van der Waals surface area contributed by atoms with Gasteiger partial charge in [-0.3, -0.25) is 4.79 Å². The molecule has 0 spiro atoms. The Morgan fingerprint density at radius 2 is 1.71 bits per heavy atom. The summed E-state index contributed by atoms with van der Waals surface area (Å²) in [5, 5.41) is 3.52. The number of Topliss-reactive ketones (excluding diaryl/α,β-unsaturated/α-hetero) is 1. The summed E-state index contributed by atoms with van der Waals surface area (Å²) in [4.78, 5) is 16.6. The van der Waals surface area contributed by atoms with Gasteiger partial charge in [0.1, 0.15) is 0 Å². The lowest BCUT2D eigenvalue weighted by Gasteiger charge is -2.28. The van der Waals surface area contributed by atoms with E-state index in [1.807, 2.05) is 30.3 Å². The zero-order valence-corrected chi connectivity index (χ0v) is 17.0. The average molecular weight is 375 g/mol. The molecule has 28 heavy (non-hydrogen) atoms. The van der Waals surface area contributed by atoms with Crippen molar-refractivity contribution >= 4 is 17.2 Å². The number of para-hydroxylation sites is 1. The van der Waals surface area contributed by atoms with E-state index in [1.54, 1.807) is 0 Å². The quantitative estimate of drug-likeness (QED) is 0.597. The van der Waals surface area contributed by atoms with E-state index < -0.39 is 0 Å². The number of aromatic amines is 1. The first kappa shape index (κ1) is 18.5. The minimum absolute atomic E-state index is 0.0203. The summed E-state index contributed by atoms with van der Waals surface area (Å²) in [6.45, 7) is 8.64. The van der Waals surface area contributed by atoms with E-state index in [0.29, 0.717) is 12.5 Å². The van der Waals surface area contributed by atoms with Gasteiger partial charge < -0.3 is 10.3 Å². The van der Waals surface area contributed by atoms with E-state index in [0.717, 1.165) is 40.3 Å². The third kappa shape index (κ3) is 3.47.